The Morgan fingerprint density at radius 1 is 1.27 bits per heavy atom. The summed E-state index contributed by atoms with van der Waals surface area (Å²) in [5, 5.41) is 8.13. The van der Waals surface area contributed by atoms with Gasteiger partial charge in [-0.3, -0.25) is 4.79 Å². The maximum absolute atomic E-state index is 13.6. The highest BCUT2D eigenvalue weighted by Crippen LogP contribution is 2.66. The van der Waals surface area contributed by atoms with Crippen LogP contribution in [-0.2, 0) is 0 Å². The van der Waals surface area contributed by atoms with Gasteiger partial charge in [0.25, 0.3) is 5.91 Å². The van der Waals surface area contributed by atoms with Crippen molar-refractivity contribution in [3.8, 4) is 0 Å². The van der Waals surface area contributed by atoms with Gasteiger partial charge < -0.3 is 5.32 Å². The monoisotopic (exact) mass is 331 g/mol. The highest BCUT2D eigenvalue weighted by Gasteiger charge is 2.67. The lowest BCUT2D eigenvalue weighted by molar-refractivity contribution is -0.277. The number of amides is 1. The van der Waals surface area contributed by atoms with Crippen molar-refractivity contribution < 1.29 is 18.0 Å². The van der Waals surface area contributed by atoms with Crippen LogP contribution >= 0.6 is 11.5 Å². The number of nitrogens with one attached hydrogen (secondary N) is 1. The summed E-state index contributed by atoms with van der Waals surface area (Å²) < 4.78 is 44.6. The lowest BCUT2D eigenvalue weighted by atomic mass is 9.46. The first kappa shape index (κ1) is 14.4. The Labute approximate surface area is 129 Å². The van der Waals surface area contributed by atoms with E-state index < -0.39 is 23.0 Å². The largest absolute Gasteiger partial charge is 0.394 e. The van der Waals surface area contributed by atoms with E-state index in [1.165, 1.54) is 5.38 Å². The molecule has 4 nitrogen and oxygen atoms in total. The molecule has 22 heavy (non-hydrogen) atoms. The van der Waals surface area contributed by atoms with Gasteiger partial charge in [0.15, 0.2) is 5.69 Å². The van der Waals surface area contributed by atoms with Gasteiger partial charge in [-0.1, -0.05) is 4.49 Å². The molecule has 8 heteroatoms. The van der Waals surface area contributed by atoms with Crippen LogP contribution in [-0.4, -0.2) is 27.2 Å². The van der Waals surface area contributed by atoms with Gasteiger partial charge in [-0.2, -0.15) is 13.2 Å². The molecule has 1 amide bonds. The van der Waals surface area contributed by atoms with Crippen LogP contribution in [0.4, 0.5) is 13.2 Å². The quantitative estimate of drug-likeness (QED) is 0.906. The standard InChI is InChI=1S/C14H16F3N3OS/c15-14(16,17)12-2-8-1-9(3-12)5-13(4-8,7-12)18-11(21)10-6-22-20-19-10/h6,8-9H,1-5,7H2,(H,18,21)/t8-,9+,12?,13?. The number of carbonyl (C=O) groups is 1. The van der Waals surface area contributed by atoms with Gasteiger partial charge in [0.05, 0.1) is 5.41 Å². The molecule has 0 saturated heterocycles. The molecule has 1 aromatic heterocycles. The first-order valence-electron chi connectivity index (χ1n) is 7.47. The summed E-state index contributed by atoms with van der Waals surface area (Å²) in [6.45, 7) is 0. The van der Waals surface area contributed by atoms with Crippen LogP contribution < -0.4 is 5.32 Å². The Morgan fingerprint density at radius 3 is 2.50 bits per heavy atom. The van der Waals surface area contributed by atoms with Crippen LogP contribution in [0.25, 0.3) is 0 Å². The predicted octanol–water partition coefficient (Wildman–Crippen LogP) is 3.17. The van der Waals surface area contributed by atoms with Crippen molar-refractivity contribution in [2.45, 2.75) is 50.2 Å². The third-order valence-corrected chi connectivity index (χ3v) is 6.14. The molecule has 4 fully saturated rings. The van der Waals surface area contributed by atoms with Gasteiger partial charge >= 0.3 is 6.18 Å². The third-order valence-electron chi connectivity index (χ3n) is 5.63. The summed E-state index contributed by atoms with van der Waals surface area (Å²) >= 11 is 1.06. The van der Waals surface area contributed by atoms with E-state index in [2.05, 4.69) is 14.9 Å². The van der Waals surface area contributed by atoms with Crippen molar-refractivity contribution >= 4 is 17.4 Å². The van der Waals surface area contributed by atoms with E-state index >= 15 is 0 Å². The van der Waals surface area contributed by atoms with Crippen molar-refractivity contribution in [1.82, 2.24) is 14.9 Å². The number of carbonyl (C=O) groups excluding carboxylic acids is 1. The van der Waals surface area contributed by atoms with Crippen LogP contribution in [0.5, 0.6) is 0 Å². The molecule has 4 atom stereocenters. The van der Waals surface area contributed by atoms with Gasteiger partial charge in [0.2, 0.25) is 0 Å². The topological polar surface area (TPSA) is 54.9 Å². The number of alkyl halides is 3. The van der Waals surface area contributed by atoms with Crippen LogP contribution in [0.15, 0.2) is 5.38 Å². The van der Waals surface area contributed by atoms with Crippen molar-refractivity contribution in [1.29, 1.82) is 0 Å². The third kappa shape index (κ3) is 2.06. The number of halogens is 3. The Bertz CT molecular complexity index is 587. The summed E-state index contributed by atoms with van der Waals surface area (Å²) in [7, 11) is 0. The number of aromatic nitrogens is 2. The van der Waals surface area contributed by atoms with E-state index in [1.807, 2.05) is 0 Å². The van der Waals surface area contributed by atoms with Crippen molar-refractivity contribution in [3.63, 3.8) is 0 Å². The fraction of sp³-hybridized carbons (Fsp3) is 0.786. The summed E-state index contributed by atoms with van der Waals surface area (Å²) in [6.07, 6.45) is -1.54. The molecular weight excluding hydrogens is 315 g/mol. The summed E-state index contributed by atoms with van der Waals surface area (Å²) in [5.74, 6) is -0.263. The van der Waals surface area contributed by atoms with Crippen LogP contribution in [0.3, 0.4) is 0 Å². The molecule has 0 spiro atoms. The van der Waals surface area contributed by atoms with Crippen LogP contribution in [0, 0.1) is 17.3 Å². The van der Waals surface area contributed by atoms with Gasteiger partial charge in [-0.05, 0) is 61.9 Å². The maximum atomic E-state index is 13.6. The Kier molecular flexibility index (Phi) is 2.90. The van der Waals surface area contributed by atoms with Crippen LogP contribution in [0.1, 0.15) is 49.0 Å². The summed E-state index contributed by atoms with van der Waals surface area (Å²) in [5.41, 5.74) is -2.13. The lowest BCUT2D eigenvalue weighted by Gasteiger charge is -2.62. The van der Waals surface area contributed by atoms with Crippen molar-refractivity contribution in [2.75, 3.05) is 0 Å². The Hall–Kier alpha value is -1.18. The van der Waals surface area contributed by atoms with E-state index in [4.69, 9.17) is 0 Å². The smallest absolute Gasteiger partial charge is 0.345 e. The number of hydrogen-bond donors (Lipinski definition) is 1. The molecule has 0 radical (unpaired) electrons. The van der Waals surface area contributed by atoms with Gasteiger partial charge in [0.1, 0.15) is 0 Å². The second-order valence-electron chi connectivity index (χ2n) is 7.26. The molecule has 4 aliphatic rings. The second kappa shape index (κ2) is 4.43. The molecule has 5 rings (SSSR count). The minimum absolute atomic E-state index is 0.0137. The molecule has 4 saturated carbocycles. The normalized spacial score (nSPS) is 40.0. The minimum Gasteiger partial charge on any atom is -0.345 e. The Morgan fingerprint density at radius 2 is 1.95 bits per heavy atom. The second-order valence-corrected chi connectivity index (χ2v) is 7.87. The van der Waals surface area contributed by atoms with Gasteiger partial charge in [-0.25, -0.2) is 0 Å². The molecule has 4 bridgehead atoms. The van der Waals surface area contributed by atoms with Gasteiger partial charge in [-0.15, -0.1) is 5.10 Å². The van der Waals surface area contributed by atoms with Crippen molar-refractivity contribution in [2.24, 2.45) is 17.3 Å². The average molecular weight is 331 g/mol. The predicted molar refractivity (Wildman–Crippen MR) is 73.3 cm³/mol. The molecule has 0 aliphatic heterocycles. The maximum Gasteiger partial charge on any atom is 0.394 e. The molecular formula is C14H16F3N3OS. The zero-order chi connectivity index (χ0) is 15.6. The van der Waals surface area contributed by atoms with E-state index in [0.29, 0.717) is 12.8 Å². The SMILES string of the molecule is O=C(NC12C[C@H]3C[C@@H](C1)CC(C(F)(F)F)(C3)C2)c1csnn1. The van der Waals surface area contributed by atoms with E-state index in [-0.39, 0.29) is 36.8 Å². The van der Waals surface area contributed by atoms with Gasteiger partial charge in [0, 0.05) is 10.9 Å². The van der Waals surface area contributed by atoms with E-state index in [1.54, 1.807) is 0 Å². The highest BCUT2D eigenvalue weighted by atomic mass is 32.1. The minimum atomic E-state index is -4.19. The van der Waals surface area contributed by atoms with E-state index in [9.17, 15) is 18.0 Å². The molecule has 120 valence electrons. The van der Waals surface area contributed by atoms with E-state index in [0.717, 1.165) is 18.0 Å². The molecule has 2 unspecified atom stereocenters. The average Bonchev–Trinajstić information content (AvgIpc) is 2.88. The molecule has 4 aliphatic carbocycles. The molecule has 1 N–H and O–H groups in total. The summed E-state index contributed by atoms with van der Waals surface area (Å²) in [6, 6.07) is 0. The number of rotatable bonds is 2. The fourth-order valence-electron chi connectivity index (χ4n) is 5.31. The number of hydrogen-bond acceptors (Lipinski definition) is 4. The molecule has 1 heterocycles. The zero-order valence-electron chi connectivity index (χ0n) is 11.8. The van der Waals surface area contributed by atoms with Crippen LogP contribution in [0.2, 0.25) is 0 Å². The highest BCUT2D eigenvalue weighted by molar-refractivity contribution is 7.03. The molecule has 1 aromatic rings. The number of nitrogens with zero attached hydrogens (tertiary/aromatic N) is 2. The fourth-order valence-corrected chi connectivity index (χ4v) is 5.75. The Balaban J connectivity index is 1.63. The zero-order valence-corrected chi connectivity index (χ0v) is 12.6. The summed E-state index contributed by atoms with van der Waals surface area (Å²) in [4.78, 5) is 12.3. The first-order valence-corrected chi connectivity index (χ1v) is 8.31. The van der Waals surface area contributed by atoms with Crippen molar-refractivity contribution in [3.05, 3.63) is 11.1 Å². The molecule has 0 aromatic carbocycles. The first-order chi connectivity index (χ1) is 10.3. The lowest BCUT2D eigenvalue weighted by Crippen LogP contribution is -2.66.